The molecule has 0 aliphatic carbocycles. The molecular weight excluding hydrogens is 250 g/mol. The molecule has 1 aromatic rings. The summed E-state index contributed by atoms with van der Waals surface area (Å²) in [6.07, 6.45) is 1.35. The van der Waals surface area contributed by atoms with Crippen molar-refractivity contribution in [2.45, 2.75) is 33.2 Å². The van der Waals surface area contributed by atoms with Crippen molar-refractivity contribution in [1.29, 1.82) is 0 Å². The van der Waals surface area contributed by atoms with Crippen LogP contribution in [0, 0.1) is 0 Å². The predicted octanol–water partition coefficient (Wildman–Crippen LogP) is 1.72. The zero-order valence-corrected chi connectivity index (χ0v) is 11.3. The number of Topliss-reactive ketones (excluding diaryl/α,β-unsaturated/α-hetero) is 1. The van der Waals surface area contributed by atoms with E-state index in [-0.39, 0.29) is 23.8 Å². The van der Waals surface area contributed by atoms with Gasteiger partial charge in [-0.3, -0.25) is 4.79 Å². The second kappa shape index (κ2) is 4.62. The predicted molar refractivity (Wildman–Crippen MR) is 65.1 cm³/mol. The zero-order chi connectivity index (χ0) is 14.2. The quantitative estimate of drug-likeness (QED) is 0.598. The Morgan fingerprint density at radius 3 is 2.68 bits per heavy atom. The summed E-state index contributed by atoms with van der Waals surface area (Å²) in [4.78, 5) is 27.2. The number of methoxy groups -OCH3 is 1. The molecule has 19 heavy (non-hydrogen) atoms. The summed E-state index contributed by atoms with van der Waals surface area (Å²) >= 11 is 0. The molecule has 0 aromatic carbocycles. The van der Waals surface area contributed by atoms with Gasteiger partial charge in [0.1, 0.15) is 0 Å². The maximum absolute atomic E-state index is 11.7. The minimum Gasteiger partial charge on any atom is -0.464 e. The van der Waals surface area contributed by atoms with Gasteiger partial charge in [-0.1, -0.05) is 0 Å². The number of hydrogen-bond acceptors (Lipinski definition) is 6. The minimum absolute atomic E-state index is 0.0545. The molecule has 0 radical (unpaired) electrons. The fourth-order valence-corrected chi connectivity index (χ4v) is 1.85. The van der Waals surface area contributed by atoms with Crippen LogP contribution in [0.3, 0.4) is 0 Å². The maximum Gasteiger partial charge on any atom is 0.360 e. The molecule has 1 aliphatic rings. The first kappa shape index (κ1) is 13.5. The Morgan fingerprint density at radius 2 is 2.11 bits per heavy atom. The van der Waals surface area contributed by atoms with Crippen molar-refractivity contribution in [3.05, 3.63) is 23.0 Å². The van der Waals surface area contributed by atoms with Crippen molar-refractivity contribution >= 4 is 11.8 Å². The van der Waals surface area contributed by atoms with Gasteiger partial charge in [-0.25, -0.2) is 9.78 Å². The van der Waals surface area contributed by atoms with Crippen molar-refractivity contribution in [3.63, 3.8) is 0 Å². The van der Waals surface area contributed by atoms with Gasteiger partial charge in [0.15, 0.2) is 17.2 Å². The van der Waals surface area contributed by atoms with Crippen LogP contribution in [0.1, 0.15) is 47.2 Å². The van der Waals surface area contributed by atoms with Gasteiger partial charge >= 0.3 is 5.97 Å². The van der Waals surface area contributed by atoms with E-state index in [0.29, 0.717) is 11.1 Å². The normalized spacial score (nSPS) is 16.2. The highest BCUT2D eigenvalue weighted by Crippen LogP contribution is 2.35. The molecule has 6 heteroatoms. The van der Waals surface area contributed by atoms with E-state index in [0.717, 1.165) is 0 Å². The number of esters is 1. The molecule has 102 valence electrons. The van der Waals surface area contributed by atoms with Crippen LogP contribution in [-0.2, 0) is 16.1 Å². The fraction of sp³-hybridized carbons (Fsp3) is 0.462. The number of ether oxygens (including phenoxy) is 3. The van der Waals surface area contributed by atoms with Crippen LogP contribution >= 0.6 is 0 Å². The first-order valence-electron chi connectivity index (χ1n) is 5.80. The second-order valence-corrected chi connectivity index (χ2v) is 4.67. The number of carbonyl (C=O) groups is 2. The Hall–Kier alpha value is -1.95. The summed E-state index contributed by atoms with van der Waals surface area (Å²) < 4.78 is 15.8. The molecule has 0 bridgehead atoms. The van der Waals surface area contributed by atoms with Crippen molar-refractivity contribution < 1.29 is 23.8 Å². The highest BCUT2D eigenvalue weighted by Gasteiger charge is 2.34. The number of carbonyl (C=O) groups excluding carboxylic acids is 2. The van der Waals surface area contributed by atoms with E-state index in [2.05, 4.69) is 9.72 Å². The van der Waals surface area contributed by atoms with E-state index in [1.807, 2.05) is 0 Å². The van der Waals surface area contributed by atoms with Gasteiger partial charge in [0, 0.05) is 31.2 Å². The third kappa shape index (κ3) is 2.44. The third-order valence-electron chi connectivity index (χ3n) is 2.81. The molecule has 0 amide bonds. The molecule has 2 rings (SSSR count). The fourth-order valence-electron chi connectivity index (χ4n) is 1.85. The van der Waals surface area contributed by atoms with Gasteiger partial charge in [0.2, 0.25) is 5.79 Å². The lowest BCUT2D eigenvalue weighted by molar-refractivity contribution is -0.180. The zero-order valence-electron chi connectivity index (χ0n) is 11.3. The van der Waals surface area contributed by atoms with E-state index in [4.69, 9.17) is 9.47 Å². The minimum atomic E-state index is -0.882. The summed E-state index contributed by atoms with van der Waals surface area (Å²) in [5.41, 5.74) is 0.972. The van der Waals surface area contributed by atoms with E-state index in [9.17, 15) is 9.59 Å². The van der Waals surface area contributed by atoms with Gasteiger partial charge in [0.25, 0.3) is 0 Å². The molecule has 6 nitrogen and oxygen atoms in total. The Bertz CT molecular complexity index is 550. The Balaban J connectivity index is 2.62. The third-order valence-corrected chi connectivity index (χ3v) is 2.81. The number of hydrogen-bond donors (Lipinski definition) is 0. The van der Waals surface area contributed by atoms with Crippen LogP contribution in [0.15, 0.2) is 6.20 Å². The first-order chi connectivity index (χ1) is 8.85. The van der Waals surface area contributed by atoms with Gasteiger partial charge < -0.3 is 14.2 Å². The molecule has 0 saturated heterocycles. The molecule has 0 unspecified atom stereocenters. The van der Waals surface area contributed by atoms with E-state index >= 15 is 0 Å². The van der Waals surface area contributed by atoms with Gasteiger partial charge in [-0.15, -0.1) is 0 Å². The highest BCUT2D eigenvalue weighted by atomic mass is 16.7. The molecule has 2 heterocycles. The maximum atomic E-state index is 11.7. The average molecular weight is 265 g/mol. The Kier molecular flexibility index (Phi) is 3.28. The topological polar surface area (TPSA) is 74.7 Å². The monoisotopic (exact) mass is 265 g/mol. The molecule has 1 aromatic heterocycles. The van der Waals surface area contributed by atoms with Gasteiger partial charge in [0.05, 0.1) is 13.7 Å². The van der Waals surface area contributed by atoms with E-state index in [1.54, 1.807) is 13.8 Å². The molecule has 0 N–H and O–H groups in total. The second-order valence-electron chi connectivity index (χ2n) is 4.67. The van der Waals surface area contributed by atoms with Crippen LogP contribution < -0.4 is 4.74 Å². The lowest BCUT2D eigenvalue weighted by Gasteiger charge is -2.33. The summed E-state index contributed by atoms with van der Waals surface area (Å²) in [6, 6.07) is 0. The SMILES string of the molecule is COC(=O)c1ncc(C(C)=O)c2c1OC(C)(C)OC2. The van der Waals surface area contributed by atoms with Crippen LogP contribution in [-0.4, -0.2) is 29.6 Å². The largest absolute Gasteiger partial charge is 0.464 e. The molecular formula is C13H15NO5. The summed E-state index contributed by atoms with van der Waals surface area (Å²) in [6.45, 7) is 5.05. The smallest absolute Gasteiger partial charge is 0.360 e. The molecule has 0 atom stereocenters. The summed E-state index contributed by atoms with van der Waals surface area (Å²) in [7, 11) is 1.26. The van der Waals surface area contributed by atoms with E-state index in [1.165, 1.54) is 20.2 Å². The Morgan fingerprint density at radius 1 is 1.42 bits per heavy atom. The van der Waals surface area contributed by atoms with Crippen LogP contribution in [0.4, 0.5) is 0 Å². The molecule has 1 aliphatic heterocycles. The summed E-state index contributed by atoms with van der Waals surface area (Å²) in [5.74, 6) is -1.39. The highest BCUT2D eigenvalue weighted by molar-refractivity contribution is 5.98. The number of pyridine rings is 1. The van der Waals surface area contributed by atoms with Crippen molar-refractivity contribution in [3.8, 4) is 5.75 Å². The average Bonchev–Trinajstić information content (AvgIpc) is 2.35. The van der Waals surface area contributed by atoms with Gasteiger partial charge in [-0.05, 0) is 6.92 Å². The van der Waals surface area contributed by atoms with Crippen molar-refractivity contribution in [2.24, 2.45) is 0 Å². The standard InChI is InChI=1S/C13H15NO5/c1-7(15)8-5-14-10(12(16)17-4)11-9(8)6-18-13(2,3)19-11/h5H,6H2,1-4H3. The molecule has 0 saturated carbocycles. The Labute approximate surface area is 110 Å². The number of ketones is 1. The number of aromatic nitrogens is 1. The van der Waals surface area contributed by atoms with E-state index < -0.39 is 11.8 Å². The van der Waals surface area contributed by atoms with Crippen LogP contribution in [0.5, 0.6) is 5.75 Å². The molecule has 0 spiro atoms. The van der Waals surface area contributed by atoms with Crippen LogP contribution in [0.25, 0.3) is 0 Å². The first-order valence-corrected chi connectivity index (χ1v) is 5.80. The lowest BCUT2D eigenvalue weighted by atomic mass is 10.0. The van der Waals surface area contributed by atoms with Gasteiger partial charge in [-0.2, -0.15) is 0 Å². The van der Waals surface area contributed by atoms with Crippen LogP contribution in [0.2, 0.25) is 0 Å². The summed E-state index contributed by atoms with van der Waals surface area (Å²) in [5, 5.41) is 0. The molecule has 0 fully saturated rings. The number of fused-ring (bicyclic) bond motifs is 1. The van der Waals surface area contributed by atoms with Crippen molar-refractivity contribution in [1.82, 2.24) is 4.98 Å². The van der Waals surface area contributed by atoms with Crippen molar-refractivity contribution in [2.75, 3.05) is 7.11 Å². The number of rotatable bonds is 2. The lowest BCUT2D eigenvalue weighted by Crippen LogP contribution is -2.37. The number of nitrogens with zero attached hydrogens (tertiary/aromatic N) is 1.